The normalized spacial score (nSPS) is 22.6. The largest absolute Gasteiger partial charge is 0.478 e. The molecule has 2 atom stereocenters. The number of hydrogen-bond acceptors (Lipinski definition) is 2. The summed E-state index contributed by atoms with van der Waals surface area (Å²) < 4.78 is 0.607. The summed E-state index contributed by atoms with van der Waals surface area (Å²) in [6, 6.07) is 5.01. The molecule has 1 saturated heterocycles. The Labute approximate surface area is 120 Å². The summed E-state index contributed by atoms with van der Waals surface area (Å²) in [5.74, 6) is -1.13. The fourth-order valence-corrected chi connectivity index (χ4v) is 3.07. The van der Waals surface area contributed by atoms with Crippen LogP contribution in [0, 0.1) is 0 Å². The van der Waals surface area contributed by atoms with Gasteiger partial charge in [-0.25, -0.2) is 4.79 Å². The van der Waals surface area contributed by atoms with Crippen LogP contribution in [0.5, 0.6) is 0 Å². The van der Waals surface area contributed by atoms with E-state index in [-0.39, 0.29) is 23.6 Å². The van der Waals surface area contributed by atoms with E-state index in [1.807, 2.05) is 18.7 Å². The van der Waals surface area contributed by atoms with Crippen LogP contribution in [-0.4, -0.2) is 34.0 Å². The van der Waals surface area contributed by atoms with Crippen molar-refractivity contribution < 1.29 is 14.7 Å². The Hall–Kier alpha value is -1.36. The first-order valence-electron chi connectivity index (χ1n) is 6.26. The van der Waals surface area contributed by atoms with Crippen molar-refractivity contribution in [2.75, 3.05) is 0 Å². The van der Waals surface area contributed by atoms with Gasteiger partial charge in [0.05, 0.1) is 5.56 Å². The van der Waals surface area contributed by atoms with Crippen LogP contribution in [0.15, 0.2) is 22.7 Å². The highest BCUT2D eigenvalue weighted by Crippen LogP contribution is 2.27. The van der Waals surface area contributed by atoms with E-state index in [2.05, 4.69) is 15.9 Å². The van der Waals surface area contributed by atoms with E-state index in [0.29, 0.717) is 10.0 Å². The topological polar surface area (TPSA) is 57.6 Å². The lowest BCUT2D eigenvalue weighted by Crippen LogP contribution is -2.38. The molecular formula is C14H16BrNO3. The van der Waals surface area contributed by atoms with Crippen LogP contribution < -0.4 is 0 Å². The highest BCUT2D eigenvalue weighted by Gasteiger charge is 2.32. The average Bonchev–Trinajstić information content (AvgIpc) is 2.67. The van der Waals surface area contributed by atoms with E-state index < -0.39 is 5.97 Å². The number of carboxylic acids is 1. The Morgan fingerprint density at radius 2 is 1.68 bits per heavy atom. The fourth-order valence-electron chi connectivity index (χ4n) is 2.58. The summed E-state index contributed by atoms with van der Waals surface area (Å²) in [7, 11) is 0. The minimum absolute atomic E-state index is 0.0960. The van der Waals surface area contributed by atoms with E-state index in [0.717, 1.165) is 12.8 Å². The second-order valence-electron chi connectivity index (χ2n) is 5.02. The highest BCUT2D eigenvalue weighted by molar-refractivity contribution is 9.10. The molecule has 0 aromatic heterocycles. The third kappa shape index (κ3) is 2.81. The summed E-state index contributed by atoms with van der Waals surface area (Å²) >= 11 is 3.25. The number of nitrogens with zero attached hydrogens (tertiary/aromatic N) is 1. The fraction of sp³-hybridized carbons (Fsp3) is 0.429. The molecule has 1 heterocycles. The van der Waals surface area contributed by atoms with Crippen molar-refractivity contribution in [3.05, 3.63) is 33.8 Å². The van der Waals surface area contributed by atoms with Gasteiger partial charge >= 0.3 is 5.97 Å². The van der Waals surface area contributed by atoms with E-state index in [1.165, 1.54) is 12.1 Å². The molecular weight excluding hydrogens is 310 g/mol. The number of carboxylic acid groups (broad SMARTS) is 1. The third-order valence-electron chi connectivity index (χ3n) is 3.58. The van der Waals surface area contributed by atoms with Crippen LogP contribution in [0.3, 0.4) is 0 Å². The van der Waals surface area contributed by atoms with Crippen molar-refractivity contribution >= 4 is 27.8 Å². The summed E-state index contributed by atoms with van der Waals surface area (Å²) in [4.78, 5) is 25.4. The van der Waals surface area contributed by atoms with E-state index in [1.54, 1.807) is 6.07 Å². The van der Waals surface area contributed by atoms with Gasteiger partial charge in [0.2, 0.25) is 0 Å². The minimum atomic E-state index is -1.03. The van der Waals surface area contributed by atoms with Crippen LogP contribution in [0.4, 0.5) is 0 Å². The highest BCUT2D eigenvalue weighted by atomic mass is 79.9. The van der Waals surface area contributed by atoms with Gasteiger partial charge < -0.3 is 10.0 Å². The molecule has 2 unspecified atom stereocenters. The second-order valence-corrected chi connectivity index (χ2v) is 5.94. The Morgan fingerprint density at radius 1 is 1.16 bits per heavy atom. The van der Waals surface area contributed by atoms with Crippen molar-refractivity contribution in [3.8, 4) is 0 Å². The molecule has 1 N–H and O–H groups in total. The first-order chi connectivity index (χ1) is 8.90. The van der Waals surface area contributed by atoms with Gasteiger partial charge in [0.25, 0.3) is 5.91 Å². The zero-order valence-electron chi connectivity index (χ0n) is 10.9. The summed E-state index contributed by atoms with van der Waals surface area (Å²) in [5.41, 5.74) is 0.546. The van der Waals surface area contributed by atoms with Gasteiger partial charge in [-0.2, -0.15) is 0 Å². The molecule has 0 saturated carbocycles. The van der Waals surface area contributed by atoms with Crippen molar-refractivity contribution in [2.24, 2.45) is 0 Å². The SMILES string of the molecule is CC1CCC(C)N1C(=O)c1cc(Br)cc(C(=O)O)c1. The van der Waals surface area contributed by atoms with Crippen molar-refractivity contribution in [1.29, 1.82) is 0 Å². The maximum Gasteiger partial charge on any atom is 0.335 e. The number of aromatic carboxylic acids is 1. The van der Waals surface area contributed by atoms with Crippen LogP contribution in [0.1, 0.15) is 47.4 Å². The molecule has 0 radical (unpaired) electrons. The van der Waals surface area contributed by atoms with Gasteiger partial charge in [0.15, 0.2) is 0 Å². The lowest BCUT2D eigenvalue weighted by Gasteiger charge is -2.26. The van der Waals surface area contributed by atoms with Gasteiger partial charge in [0, 0.05) is 22.1 Å². The van der Waals surface area contributed by atoms with E-state index >= 15 is 0 Å². The number of benzene rings is 1. The summed E-state index contributed by atoms with van der Waals surface area (Å²) in [6.45, 7) is 4.05. The summed E-state index contributed by atoms with van der Waals surface area (Å²) in [5, 5.41) is 9.04. The molecule has 102 valence electrons. The van der Waals surface area contributed by atoms with Gasteiger partial charge in [-0.3, -0.25) is 4.79 Å². The van der Waals surface area contributed by atoms with E-state index in [9.17, 15) is 9.59 Å². The Kier molecular flexibility index (Phi) is 3.94. The number of likely N-dealkylation sites (tertiary alicyclic amines) is 1. The molecule has 1 aliphatic rings. The lowest BCUT2D eigenvalue weighted by molar-refractivity contribution is 0.0693. The maximum atomic E-state index is 12.5. The number of hydrogen-bond donors (Lipinski definition) is 1. The predicted octanol–water partition coefficient (Wildman–Crippen LogP) is 3.16. The standard InChI is InChI=1S/C14H16BrNO3/c1-8-3-4-9(2)16(8)13(17)10-5-11(14(18)19)7-12(15)6-10/h5-9H,3-4H2,1-2H3,(H,18,19). The Morgan fingerprint density at radius 3 is 2.21 bits per heavy atom. The van der Waals surface area contributed by atoms with Crippen LogP contribution in [-0.2, 0) is 0 Å². The van der Waals surface area contributed by atoms with Gasteiger partial charge in [0.1, 0.15) is 0 Å². The first kappa shape index (κ1) is 14.1. The lowest BCUT2D eigenvalue weighted by atomic mass is 10.1. The Bertz CT molecular complexity index is 519. The zero-order valence-corrected chi connectivity index (χ0v) is 12.5. The quantitative estimate of drug-likeness (QED) is 0.908. The number of carbonyl (C=O) groups is 2. The monoisotopic (exact) mass is 325 g/mol. The summed E-state index contributed by atoms with van der Waals surface area (Å²) in [6.07, 6.45) is 1.99. The molecule has 1 aromatic rings. The molecule has 1 aliphatic heterocycles. The molecule has 2 rings (SSSR count). The minimum Gasteiger partial charge on any atom is -0.478 e. The number of carbonyl (C=O) groups excluding carboxylic acids is 1. The van der Waals surface area contributed by atoms with Crippen molar-refractivity contribution in [2.45, 2.75) is 38.8 Å². The van der Waals surface area contributed by atoms with Gasteiger partial charge in [-0.05, 0) is 44.9 Å². The molecule has 0 aliphatic carbocycles. The Balaban J connectivity index is 2.36. The number of halogens is 1. The molecule has 0 spiro atoms. The number of amides is 1. The molecule has 5 heteroatoms. The van der Waals surface area contributed by atoms with Gasteiger partial charge in [-0.15, -0.1) is 0 Å². The van der Waals surface area contributed by atoms with E-state index in [4.69, 9.17) is 5.11 Å². The van der Waals surface area contributed by atoms with Crippen LogP contribution in [0.25, 0.3) is 0 Å². The van der Waals surface area contributed by atoms with Crippen molar-refractivity contribution in [3.63, 3.8) is 0 Å². The smallest absolute Gasteiger partial charge is 0.335 e. The van der Waals surface area contributed by atoms with Crippen LogP contribution in [0.2, 0.25) is 0 Å². The zero-order chi connectivity index (χ0) is 14.2. The average molecular weight is 326 g/mol. The van der Waals surface area contributed by atoms with Gasteiger partial charge in [-0.1, -0.05) is 15.9 Å². The molecule has 19 heavy (non-hydrogen) atoms. The molecule has 4 nitrogen and oxygen atoms in total. The predicted molar refractivity (Wildman–Crippen MR) is 75.4 cm³/mol. The second kappa shape index (κ2) is 5.33. The molecule has 1 aromatic carbocycles. The third-order valence-corrected chi connectivity index (χ3v) is 4.04. The molecule has 1 fully saturated rings. The molecule has 1 amide bonds. The number of rotatable bonds is 2. The van der Waals surface area contributed by atoms with Crippen molar-refractivity contribution in [1.82, 2.24) is 4.90 Å². The maximum absolute atomic E-state index is 12.5. The first-order valence-corrected chi connectivity index (χ1v) is 7.06. The molecule has 0 bridgehead atoms. The van der Waals surface area contributed by atoms with Crippen LogP contribution >= 0.6 is 15.9 Å².